The van der Waals surface area contributed by atoms with Gasteiger partial charge in [0.2, 0.25) is 0 Å². The third-order valence-corrected chi connectivity index (χ3v) is 6.57. The van der Waals surface area contributed by atoms with E-state index in [4.69, 9.17) is 0 Å². The Labute approximate surface area is 195 Å². The molecule has 1 fully saturated rings. The fourth-order valence-electron chi connectivity index (χ4n) is 4.62. The van der Waals surface area contributed by atoms with Crippen LogP contribution in [0, 0.1) is 0 Å². The average molecular weight is 451 g/mol. The lowest BCUT2D eigenvalue weighted by atomic mass is 10.0. The number of rotatable bonds is 2. The van der Waals surface area contributed by atoms with Crippen molar-refractivity contribution in [2.75, 3.05) is 31.1 Å². The quantitative estimate of drug-likeness (QED) is 0.733. The Morgan fingerprint density at radius 1 is 0.939 bits per heavy atom. The Morgan fingerprint density at radius 3 is 2.52 bits per heavy atom. The summed E-state index contributed by atoms with van der Waals surface area (Å²) in [5, 5.41) is 13.3. The smallest absolute Gasteiger partial charge is 0.259 e. The highest BCUT2D eigenvalue weighted by atomic mass is 16.3. The summed E-state index contributed by atoms with van der Waals surface area (Å²) in [6.45, 7) is 3.30. The number of fused-ring (bicyclic) bond motifs is 1. The summed E-state index contributed by atoms with van der Waals surface area (Å²) in [5.41, 5.74) is 3.00. The molecule has 0 aliphatic carbocycles. The van der Waals surface area contributed by atoms with E-state index < -0.39 is 0 Å². The molecule has 7 heteroatoms. The van der Waals surface area contributed by atoms with Gasteiger partial charge in [-0.05, 0) is 68.1 Å². The first kappa shape index (κ1) is 23.4. The molecule has 0 bridgehead atoms. The lowest BCUT2D eigenvalue weighted by molar-refractivity contribution is 0.0546. The maximum atomic E-state index is 13.4. The van der Waals surface area contributed by atoms with Gasteiger partial charge < -0.3 is 20.2 Å². The molecule has 0 unspecified atom stereocenters. The van der Waals surface area contributed by atoms with E-state index in [9.17, 15) is 14.7 Å². The zero-order chi connectivity index (χ0) is 23.0. The van der Waals surface area contributed by atoms with E-state index in [0.29, 0.717) is 50.1 Å². The number of benzene rings is 1. The van der Waals surface area contributed by atoms with E-state index in [1.807, 2.05) is 28.0 Å². The average Bonchev–Trinajstić information content (AvgIpc) is 2.84. The van der Waals surface area contributed by atoms with Crippen LogP contribution in [0.1, 0.15) is 71.2 Å². The van der Waals surface area contributed by atoms with E-state index in [2.05, 4.69) is 10.3 Å². The lowest BCUT2D eigenvalue weighted by Gasteiger charge is -2.30. The van der Waals surface area contributed by atoms with Crippen LogP contribution in [0.3, 0.4) is 0 Å². The fraction of sp³-hybridized carbons (Fsp3) is 0.500. The van der Waals surface area contributed by atoms with Crippen LogP contribution in [0.5, 0.6) is 0 Å². The third-order valence-electron chi connectivity index (χ3n) is 6.57. The van der Waals surface area contributed by atoms with Crippen molar-refractivity contribution in [3.8, 4) is 0 Å². The lowest BCUT2D eigenvalue weighted by Crippen LogP contribution is -2.40. The Morgan fingerprint density at radius 2 is 1.73 bits per heavy atom. The van der Waals surface area contributed by atoms with E-state index in [1.165, 1.54) is 12.8 Å². The highest BCUT2D eigenvalue weighted by Gasteiger charge is 2.25. The number of carbonyl (C=O) groups excluding carboxylic acids is 2. The SMILES string of the molecule is O=C(c1ccc2c(c1)CNCCCCCCCN2C(=O)c1cccnc1)N1CCC(O)CC1. The molecule has 2 amide bonds. The van der Waals surface area contributed by atoms with Crippen LogP contribution in [-0.4, -0.2) is 59.1 Å². The van der Waals surface area contributed by atoms with Crippen molar-refractivity contribution in [1.82, 2.24) is 15.2 Å². The first-order chi connectivity index (χ1) is 16.1. The van der Waals surface area contributed by atoms with Crippen molar-refractivity contribution >= 4 is 17.5 Å². The minimum atomic E-state index is -0.318. The molecular weight excluding hydrogens is 416 g/mol. The molecule has 3 heterocycles. The highest BCUT2D eigenvalue weighted by molar-refractivity contribution is 6.06. The predicted molar refractivity (Wildman–Crippen MR) is 128 cm³/mol. The first-order valence-corrected chi connectivity index (χ1v) is 12.2. The number of aromatic nitrogens is 1. The topological polar surface area (TPSA) is 85.8 Å². The van der Waals surface area contributed by atoms with Gasteiger partial charge in [-0.25, -0.2) is 0 Å². The molecular formula is C26H34N4O3. The van der Waals surface area contributed by atoms with E-state index in [1.54, 1.807) is 24.5 Å². The second-order valence-corrected chi connectivity index (χ2v) is 9.01. The van der Waals surface area contributed by atoms with Gasteiger partial charge in [0, 0.05) is 49.8 Å². The molecule has 1 aromatic carbocycles. The van der Waals surface area contributed by atoms with Gasteiger partial charge in [-0.3, -0.25) is 14.6 Å². The summed E-state index contributed by atoms with van der Waals surface area (Å²) in [6.07, 6.45) is 9.69. The predicted octanol–water partition coefficient (Wildman–Crippen LogP) is 3.38. The molecule has 2 aromatic rings. The van der Waals surface area contributed by atoms with Crippen LogP contribution in [0.2, 0.25) is 0 Å². The number of pyridine rings is 1. The summed E-state index contributed by atoms with van der Waals surface area (Å²) in [7, 11) is 0. The van der Waals surface area contributed by atoms with Crippen LogP contribution in [0.25, 0.3) is 0 Å². The molecule has 0 atom stereocenters. The number of aliphatic hydroxyl groups excluding tert-OH is 1. The molecule has 33 heavy (non-hydrogen) atoms. The van der Waals surface area contributed by atoms with Gasteiger partial charge in [0.05, 0.1) is 11.7 Å². The fourth-order valence-corrected chi connectivity index (χ4v) is 4.62. The molecule has 7 nitrogen and oxygen atoms in total. The summed E-state index contributed by atoms with van der Waals surface area (Å²) < 4.78 is 0. The molecule has 0 saturated carbocycles. The van der Waals surface area contributed by atoms with Crippen LogP contribution in [0.15, 0.2) is 42.7 Å². The summed E-state index contributed by atoms with van der Waals surface area (Å²) in [6, 6.07) is 9.27. The summed E-state index contributed by atoms with van der Waals surface area (Å²) >= 11 is 0. The molecule has 0 radical (unpaired) electrons. The minimum absolute atomic E-state index is 0.0130. The largest absolute Gasteiger partial charge is 0.393 e. The zero-order valence-corrected chi connectivity index (χ0v) is 19.2. The van der Waals surface area contributed by atoms with Crippen molar-refractivity contribution in [1.29, 1.82) is 0 Å². The van der Waals surface area contributed by atoms with Gasteiger partial charge in [0.25, 0.3) is 11.8 Å². The molecule has 2 aliphatic heterocycles. The second-order valence-electron chi connectivity index (χ2n) is 9.01. The van der Waals surface area contributed by atoms with Crippen molar-refractivity contribution in [3.05, 3.63) is 59.4 Å². The van der Waals surface area contributed by atoms with Gasteiger partial charge >= 0.3 is 0 Å². The van der Waals surface area contributed by atoms with Gasteiger partial charge in [-0.15, -0.1) is 0 Å². The van der Waals surface area contributed by atoms with Crippen molar-refractivity contribution in [2.24, 2.45) is 0 Å². The summed E-state index contributed by atoms with van der Waals surface area (Å²) in [4.78, 5) is 34.4. The van der Waals surface area contributed by atoms with Crippen molar-refractivity contribution in [3.63, 3.8) is 0 Å². The molecule has 2 N–H and O–H groups in total. The van der Waals surface area contributed by atoms with Gasteiger partial charge in [-0.1, -0.05) is 19.3 Å². The summed E-state index contributed by atoms with van der Waals surface area (Å²) in [5.74, 6) is -0.0774. The third kappa shape index (κ3) is 5.97. The number of aliphatic hydroxyl groups is 1. The van der Waals surface area contributed by atoms with Crippen LogP contribution < -0.4 is 10.2 Å². The van der Waals surface area contributed by atoms with Crippen molar-refractivity contribution < 1.29 is 14.7 Å². The number of hydrogen-bond donors (Lipinski definition) is 2. The van der Waals surface area contributed by atoms with Crippen LogP contribution in [0.4, 0.5) is 5.69 Å². The van der Waals surface area contributed by atoms with Crippen LogP contribution >= 0.6 is 0 Å². The normalized spacial score (nSPS) is 18.7. The molecule has 2 aliphatic rings. The number of nitrogens with one attached hydrogen (secondary N) is 1. The molecule has 176 valence electrons. The maximum Gasteiger partial charge on any atom is 0.259 e. The first-order valence-electron chi connectivity index (χ1n) is 12.2. The minimum Gasteiger partial charge on any atom is -0.393 e. The number of amides is 2. The highest BCUT2D eigenvalue weighted by Crippen LogP contribution is 2.26. The van der Waals surface area contributed by atoms with Crippen LogP contribution in [-0.2, 0) is 6.54 Å². The molecule has 0 spiro atoms. The van der Waals surface area contributed by atoms with Gasteiger partial charge in [0.15, 0.2) is 0 Å². The number of nitrogens with zero attached hydrogens (tertiary/aromatic N) is 3. The zero-order valence-electron chi connectivity index (χ0n) is 19.2. The number of likely N-dealkylation sites (tertiary alicyclic amines) is 1. The van der Waals surface area contributed by atoms with Crippen molar-refractivity contribution in [2.45, 2.75) is 57.6 Å². The second kappa shape index (κ2) is 11.4. The standard InChI is InChI=1S/C26H34N4O3/c31-23-10-15-29(16-11-23)25(32)20-8-9-24-22(17-20)19-27-12-4-2-1-3-5-14-30(24)26(33)21-7-6-13-28-18-21/h6-9,13,17-18,23,27,31H,1-5,10-12,14-16,19H2. The Balaban J connectivity index is 1.65. The van der Waals surface area contributed by atoms with Gasteiger partial charge in [-0.2, -0.15) is 0 Å². The Bertz CT molecular complexity index is 942. The molecule has 4 rings (SSSR count). The van der Waals surface area contributed by atoms with E-state index >= 15 is 0 Å². The number of hydrogen-bond acceptors (Lipinski definition) is 5. The van der Waals surface area contributed by atoms with Gasteiger partial charge in [0.1, 0.15) is 0 Å². The maximum absolute atomic E-state index is 13.4. The Hall–Kier alpha value is -2.77. The Kier molecular flexibility index (Phi) is 8.07. The molecule has 1 aromatic heterocycles. The molecule has 1 saturated heterocycles. The van der Waals surface area contributed by atoms with E-state index in [0.717, 1.165) is 37.1 Å². The van der Waals surface area contributed by atoms with E-state index in [-0.39, 0.29) is 17.9 Å². The number of piperidine rings is 1. The number of carbonyl (C=O) groups is 2. The monoisotopic (exact) mass is 450 g/mol. The number of anilines is 1.